The maximum atomic E-state index is 12.1. The molecular weight excluding hydrogens is 330 g/mol. The van der Waals surface area contributed by atoms with Gasteiger partial charge in [0.25, 0.3) is 0 Å². The molecule has 0 radical (unpaired) electrons. The van der Waals surface area contributed by atoms with E-state index in [0.29, 0.717) is 30.2 Å². The molecule has 2 rings (SSSR count). The number of anilines is 2. The third-order valence-corrected chi connectivity index (χ3v) is 3.55. The molecule has 3 amide bonds. The van der Waals surface area contributed by atoms with Crippen LogP contribution in [0, 0.1) is 0 Å². The second kappa shape index (κ2) is 9.46. The van der Waals surface area contributed by atoms with Gasteiger partial charge in [0.15, 0.2) is 0 Å². The van der Waals surface area contributed by atoms with E-state index in [1.54, 1.807) is 17.0 Å². The molecule has 0 saturated carbocycles. The van der Waals surface area contributed by atoms with Crippen LogP contribution in [0.25, 0.3) is 0 Å². The highest BCUT2D eigenvalue weighted by atomic mass is 16.5. The molecule has 0 aliphatic carbocycles. The number of carbonyl (C=O) groups excluding carboxylic acids is 2. The first-order chi connectivity index (χ1) is 12.5. The van der Waals surface area contributed by atoms with Crippen LogP contribution in [0.2, 0.25) is 0 Å². The Kier molecular flexibility index (Phi) is 7.02. The fourth-order valence-electron chi connectivity index (χ4n) is 2.46. The molecule has 0 saturated heterocycles. The van der Waals surface area contributed by atoms with Gasteiger partial charge < -0.3 is 20.3 Å². The first-order valence-electron chi connectivity index (χ1n) is 8.61. The van der Waals surface area contributed by atoms with Gasteiger partial charge in [0.2, 0.25) is 5.91 Å². The maximum Gasteiger partial charge on any atom is 0.319 e. The molecule has 0 aliphatic heterocycles. The molecule has 0 aliphatic rings. The van der Waals surface area contributed by atoms with Crippen molar-refractivity contribution in [1.82, 2.24) is 5.32 Å². The number of ether oxygens (including phenoxy) is 1. The number of benzene rings is 2. The number of hydrogen-bond acceptors (Lipinski definition) is 3. The van der Waals surface area contributed by atoms with Crippen LogP contribution in [-0.4, -0.2) is 31.1 Å². The Hall–Kier alpha value is -3.02. The average Bonchev–Trinajstić information content (AvgIpc) is 2.60. The summed E-state index contributed by atoms with van der Waals surface area (Å²) in [6.07, 6.45) is -0.000247. The van der Waals surface area contributed by atoms with E-state index in [0.717, 1.165) is 0 Å². The summed E-state index contributed by atoms with van der Waals surface area (Å²) < 4.78 is 5.79. The van der Waals surface area contributed by atoms with Gasteiger partial charge in [-0.2, -0.15) is 0 Å². The molecule has 6 nitrogen and oxygen atoms in total. The highest BCUT2D eigenvalue weighted by Gasteiger charge is 2.16. The Morgan fingerprint density at radius 2 is 1.69 bits per heavy atom. The summed E-state index contributed by atoms with van der Waals surface area (Å²) in [5.74, 6) is 0.529. The van der Waals surface area contributed by atoms with Gasteiger partial charge in [-0.15, -0.1) is 0 Å². The van der Waals surface area contributed by atoms with Crippen LogP contribution in [0.3, 0.4) is 0 Å². The lowest BCUT2D eigenvalue weighted by atomic mass is 10.2. The Morgan fingerprint density at radius 3 is 2.35 bits per heavy atom. The van der Waals surface area contributed by atoms with E-state index in [-0.39, 0.29) is 18.0 Å². The fraction of sp³-hybridized carbons (Fsp3) is 0.300. The van der Waals surface area contributed by atoms with E-state index in [1.807, 2.05) is 56.3 Å². The van der Waals surface area contributed by atoms with E-state index >= 15 is 0 Å². The lowest BCUT2D eigenvalue weighted by Crippen LogP contribution is -2.39. The first-order valence-corrected chi connectivity index (χ1v) is 8.61. The van der Waals surface area contributed by atoms with E-state index < -0.39 is 0 Å². The van der Waals surface area contributed by atoms with Crippen molar-refractivity contribution in [2.45, 2.75) is 26.9 Å². The minimum Gasteiger partial charge on any atom is -0.489 e. The molecule has 2 aromatic rings. The number of carbonyl (C=O) groups is 2. The number of hydrogen-bond donors (Lipinski definition) is 2. The molecule has 0 unspecified atom stereocenters. The van der Waals surface area contributed by atoms with Crippen LogP contribution in [0.15, 0.2) is 54.6 Å². The van der Waals surface area contributed by atoms with Crippen molar-refractivity contribution in [1.29, 1.82) is 0 Å². The van der Waals surface area contributed by atoms with E-state index in [2.05, 4.69) is 10.6 Å². The van der Waals surface area contributed by atoms with E-state index in [4.69, 9.17) is 4.74 Å². The summed E-state index contributed by atoms with van der Waals surface area (Å²) >= 11 is 0. The minimum absolute atomic E-state index is 0.000247. The van der Waals surface area contributed by atoms with Crippen molar-refractivity contribution in [2.24, 2.45) is 0 Å². The predicted molar refractivity (Wildman–Crippen MR) is 104 cm³/mol. The zero-order chi connectivity index (χ0) is 18.9. The van der Waals surface area contributed by atoms with Crippen molar-refractivity contribution in [3.8, 4) is 5.75 Å². The summed E-state index contributed by atoms with van der Waals surface area (Å²) in [5, 5.41) is 5.51. The summed E-state index contributed by atoms with van der Waals surface area (Å²) in [6, 6.07) is 16.3. The Bertz CT molecular complexity index is 732. The van der Waals surface area contributed by atoms with Crippen LogP contribution in [-0.2, 0) is 4.79 Å². The molecule has 0 spiro atoms. The quantitative estimate of drug-likeness (QED) is 0.796. The third kappa shape index (κ3) is 5.81. The van der Waals surface area contributed by atoms with Crippen LogP contribution in [0.5, 0.6) is 5.75 Å². The maximum absolute atomic E-state index is 12.1. The smallest absolute Gasteiger partial charge is 0.319 e. The molecular formula is C20H25N3O3. The van der Waals surface area contributed by atoms with Gasteiger partial charge >= 0.3 is 6.03 Å². The summed E-state index contributed by atoms with van der Waals surface area (Å²) in [7, 11) is 0. The van der Waals surface area contributed by atoms with Crippen LogP contribution < -0.4 is 20.3 Å². The van der Waals surface area contributed by atoms with Crippen LogP contribution in [0.4, 0.5) is 16.2 Å². The van der Waals surface area contributed by atoms with Crippen molar-refractivity contribution < 1.29 is 14.3 Å². The van der Waals surface area contributed by atoms with Crippen molar-refractivity contribution in [2.75, 3.05) is 23.3 Å². The Balaban J connectivity index is 1.97. The van der Waals surface area contributed by atoms with E-state index in [9.17, 15) is 9.59 Å². The minimum atomic E-state index is -0.314. The Labute approximate surface area is 154 Å². The number of nitrogens with zero attached hydrogens (tertiary/aromatic N) is 1. The molecule has 0 aromatic heterocycles. The van der Waals surface area contributed by atoms with Gasteiger partial charge in [0.05, 0.1) is 11.8 Å². The van der Waals surface area contributed by atoms with Gasteiger partial charge in [0, 0.05) is 25.7 Å². The molecule has 26 heavy (non-hydrogen) atoms. The lowest BCUT2D eigenvalue weighted by molar-refractivity contribution is -0.116. The highest BCUT2D eigenvalue weighted by Crippen LogP contribution is 2.28. The van der Waals surface area contributed by atoms with E-state index in [1.165, 1.54) is 6.92 Å². The van der Waals surface area contributed by atoms with Crippen LogP contribution in [0.1, 0.15) is 20.8 Å². The summed E-state index contributed by atoms with van der Waals surface area (Å²) in [4.78, 5) is 25.7. The van der Waals surface area contributed by atoms with Crippen molar-refractivity contribution in [3.63, 3.8) is 0 Å². The summed E-state index contributed by atoms with van der Waals surface area (Å²) in [5.41, 5.74) is 1.41. The predicted octanol–water partition coefficient (Wildman–Crippen LogP) is 3.65. The molecule has 2 aromatic carbocycles. The molecule has 0 heterocycles. The monoisotopic (exact) mass is 355 g/mol. The van der Waals surface area contributed by atoms with Gasteiger partial charge in [-0.05, 0) is 38.1 Å². The second-order valence-corrected chi connectivity index (χ2v) is 6.05. The van der Waals surface area contributed by atoms with Crippen molar-refractivity contribution in [3.05, 3.63) is 54.6 Å². The number of rotatable bonds is 7. The number of para-hydroxylation sites is 3. The van der Waals surface area contributed by atoms with Gasteiger partial charge in [0.1, 0.15) is 5.75 Å². The molecule has 0 fully saturated rings. The lowest BCUT2D eigenvalue weighted by Gasteiger charge is -2.24. The Morgan fingerprint density at radius 1 is 1.04 bits per heavy atom. The zero-order valence-electron chi connectivity index (χ0n) is 15.4. The average molecular weight is 355 g/mol. The van der Waals surface area contributed by atoms with Crippen LogP contribution >= 0.6 is 0 Å². The van der Waals surface area contributed by atoms with Crippen molar-refractivity contribution >= 4 is 23.3 Å². The summed E-state index contributed by atoms with van der Waals surface area (Å²) in [6.45, 7) is 6.02. The molecule has 2 N–H and O–H groups in total. The number of nitrogens with one attached hydrogen (secondary N) is 2. The SMILES string of the molecule is CC(=O)N(CCNC(=O)Nc1ccccc1)c1ccccc1OC(C)C. The first kappa shape index (κ1) is 19.3. The highest BCUT2D eigenvalue weighted by molar-refractivity contribution is 5.93. The van der Waals surface area contributed by atoms with Gasteiger partial charge in [-0.25, -0.2) is 4.79 Å². The van der Waals surface area contributed by atoms with Gasteiger partial charge in [-0.3, -0.25) is 4.79 Å². The zero-order valence-corrected chi connectivity index (χ0v) is 15.4. The largest absolute Gasteiger partial charge is 0.489 e. The standard InChI is InChI=1S/C20H25N3O3/c1-15(2)26-19-12-8-7-11-18(19)23(16(3)24)14-13-21-20(25)22-17-9-5-4-6-10-17/h4-12,15H,13-14H2,1-3H3,(H2,21,22,25). The molecule has 0 atom stereocenters. The third-order valence-electron chi connectivity index (χ3n) is 3.55. The topological polar surface area (TPSA) is 70.7 Å². The number of urea groups is 1. The number of amides is 3. The normalized spacial score (nSPS) is 10.3. The van der Waals surface area contributed by atoms with Gasteiger partial charge in [-0.1, -0.05) is 30.3 Å². The molecule has 6 heteroatoms. The fourth-order valence-corrected chi connectivity index (χ4v) is 2.46. The second-order valence-electron chi connectivity index (χ2n) is 6.05. The molecule has 138 valence electrons. The molecule has 0 bridgehead atoms.